The van der Waals surface area contributed by atoms with Crippen LogP contribution in [0.1, 0.15) is 17.5 Å². The number of fused-ring (bicyclic) bond motifs is 1. The van der Waals surface area contributed by atoms with Gasteiger partial charge in [0, 0.05) is 52.8 Å². The van der Waals surface area contributed by atoms with Crippen LogP contribution in [0.15, 0.2) is 90.2 Å². The lowest BCUT2D eigenvalue weighted by Gasteiger charge is -2.54. The minimum atomic E-state index is -0.807. The van der Waals surface area contributed by atoms with Crippen LogP contribution < -0.4 is 5.32 Å². The summed E-state index contributed by atoms with van der Waals surface area (Å²) in [4.78, 5) is 46.7. The molecular formula is C32H38N6O4. The van der Waals surface area contributed by atoms with Gasteiger partial charge in [-0.25, -0.2) is 14.8 Å². The Morgan fingerprint density at radius 3 is 2.50 bits per heavy atom. The van der Waals surface area contributed by atoms with Crippen molar-refractivity contribution in [2.24, 2.45) is 0 Å². The number of allylic oxidation sites excluding steroid dienone is 3. The van der Waals surface area contributed by atoms with Crippen LogP contribution in [0.25, 0.3) is 0 Å². The Morgan fingerprint density at radius 1 is 1.05 bits per heavy atom. The van der Waals surface area contributed by atoms with Crippen LogP contribution in [0, 0.1) is 0 Å². The maximum atomic E-state index is 14.1. The first-order valence-electron chi connectivity index (χ1n) is 14.1. The number of nitrogens with one attached hydrogen (secondary N) is 1. The van der Waals surface area contributed by atoms with E-state index in [1.807, 2.05) is 56.6 Å². The van der Waals surface area contributed by atoms with E-state index in [2.05, 4.69) is 22.4 Å². The molecule has 2 saturated heterocycles. The van der Waals surface area contributed by atoms with Gasteiger partial charge in [-0.15, -0.1) is 0 Å². The van der Waals surface area contributed by atoms with Crippen LogP contribution in [0.4, 0.5) is 4.79 Å². The molecule has 2 N–H and O–H groups in total. The van der Waals surface area contributed by atoms with Crippen molar-refractivity contribution < 1.29 is 19.5 Å². The predicted molar refractivity (Wildman–Crippen MR) is 160 cm³/mol. The van der Waals surface area contributed by atoms with Crippen molar-refractivity contribution in [3.63, 3.8) is 0 Å². The Bertz CT molecular complexity index is 1400. The van der Waals surface area contributed by atoms with Gasteiger partial charge in [-0.05, 0) is 34.9 Å². The highest BCUT2D eigenvalue weighted by molar-refractivity contribution is 5.92. The molecule has 2 atom stereocenters. The molecule has 10 heteroatoms. The van der Waals surface area contributed by atoms with Gasteiger partial charge in [-0.2, -0.15) is 0 Å². The number of hydrogen-bond acceptors (Lipinski definition) is 6. The summed E-state index contributed by atoms with van der Waals surface area (Å²) >= 11 is 0. The molecule has 1 aliphatic carbocycles. The quantitative estimate of drug-likeness (QED) is 0.531. The fraction of sp³-hybridized carbons (Fsp3) is 0.344. The Balaban J connectivity index is 1.46. The molecule has 0 bridgehead atoms. The molecule has 10 nitrogen and oxygen atoms in total. The number of likely N-dealkylation sites (N-methyl/N-ethyl adjacent to an activating group) is 1. The topological polar surface area (TPSA) is 99.7 Å². The summed E-state index contributed by atoms with van der Waals surface area (Å²) in [6.07, 6.45) is 8.54. The number of rotatable bonds is 7. The summed E-state index contributed by atoms with van der Waals surface area (Å²) < 4.78 is 0. The number of piperazine rings is 1. The average Bonchev–Trinajstić information content (AvgIpc) is 3.21. The number of carbonyl (C=O) groups is 3. The molecule has 0 aromatic heterocycles. The Morgan fingerprint density at radius 2 is 1.79 bits per heavy atom. The van der Waals surface area contributed by atoms with Crippen LogP contribution in [0.5, 0.6) is 5.75 Å². The first kappa shape index (κ1) is 28.9. The number of urea groups is 1. The predicted octanol–water partition coefficient (Wildman–Crippen LogP) is 2.70. The number of amides is 4. The highest BCUT2D eigenvalue weighted by atomic mass is 16.3. The molecule has 0 radical (unpaired) electrons. The van der Waals surface area contributed by atoms with Gasteiger partial charge in [-0.3, -0.25) is 9.59 Å². The lowest BCUT2D eigenvalue weighted by atomic mass is 9.98. The van der Waals surface area contributed by atoms with E-state index in [0.717, 1.165) is 28.8 Å². The van der Waals surface area contributed by atoms with Gasteiger partial charge in [0.05, 0.1) is 13.1 Å². The van der Waals surface area contributed by atoms with Crippen molar-refractivity contribution in [1.82, 2.24) is 30.0 Å². The number of phenols is 1. The third kappa shape index (κ3) is 6.33. The third-order valence-electron chi connectivity index (χ3n) is 7.87. The van der Waals surface area contributed by atoms with Gasteiger partial charge in [0.1, 0.15) is 18.0 Å². The normalized spacial score (nSPS) is 21.0. The maximum Gasteiger partial charge on any atom is 0.334 e. The zero-order chi connectivity index (χ0) is 29.8. The Hall–Kier alpha value is -4.57. The number of carbonyl (C=O) groups excluding carboxylic acids is 3. The monoisotopic (exact) mass is 570 g/mol. The Labute approximate surface area is 246 Å². The number of nitrogens with zero attached hydrogens (tertiary/aromatic N) is 5. The van der Waals surface area contributed by atoms with Crippen molar-refractivity contribution in [3.05, 3.63) is 101 Å². The number of benzene rings is 2. The van der Waals surface area contributed by atoms with Crippen molar-refractivity contribution in [2.45, 2.75) is 31.6 Å². The fourth-order valence-electron chi connectivity index (χ4n) is 5.69. The minimum Gasteiger partial charge on any atom is -0.508 e. The molecule has 3 aliphatic rings. The van der Waals surface area contributed by atoms with E-state index >= 15 is 0 Å². The first-order chi connectivity index (χ1) is 20.2. The van der Waals surface area contributed by atoms with Crippen molar-refractivity contribution in [1.29, 1.82) is 0 Å². The highest BCUT2D eigenvalue weighted by Crippen LogP contribution is 2.29. The maximum absolute atomic E-state index is 14.1. The second-order valence-corrected chi connectivity index (χ2v) is 11.1. The molecular weight excluding hydrogens is 532 g/mol. The van der Waals surface area contributed by atoms with E-state index in [1.165, 1.54) is 0 Å². The van der Waals surface area contributed by atoms with Crippen molar-refractivity contribution in [2.75, 3.05) is 40.8 Å². The van der Waals surface area contributed by atoms with Gasteiger partial charge in [0.25, 0.3) is 0 Å². The highest BCUT2D eigenvalue weighted by Gasteiger charge is 2.50. The molecule has 4 amide bonds. The summed E-state index contributed by atoms with van der Waals surface area (Å²) in [6.45, 7) is 0.821. The van der Waals surface area contributed by atoms with Gasteiger partial charge in [0.2, 0.25) is 11.8 Å². The van der Waals surface area contributed by atoms with E-state index in [9.17, 15) is 19.5 Å². The van der Waals surface area contributed by atoms with E-state index in [-0.39, 0.29) is 43.1 Å². The molecule has 5 rings (SSSR count). The molecule has 220 valence electrons. The van der Waals surface area contributed by atoms with Crippen LogP contribution in [-0.2, 0) is 22.6 Å². The van der Waals surface area contributed by atoms with Gasteiger partial charge >= 0.3 is 6.03 Å². The number of phenolic OH excluding ortho intramolecular Hbond substituents is 1. The number of hydrogen-bond donors (Lipinski definition) is 2. The number of aromatic hydroxyl groups is 1. The Kier molecular flexibility index (Phi) is 8.63. The molecule has 2 aromatic rings. The summed E-state index contributed by atoms with van der Waals surface area (Å²) in [6, 6.07) is 15.1. The molecule has 2 fully saturated rings. The zero-order valence-corrected chi connectivity index (χ0v) is 24.3. The standard InChI is InChI=1S/C32H38N6O4/c1-34(2)26-12-8-7-11-25(17-26)20-36-21-29-37(28(31(36)41)18-23-13-15-27(39)16-14-23)30(40)22-35(3)38(29)32(42)33-19-24-9-5-4-6-10-24/h4-11,13-17,28-29,39H,12,18-22H2,1-3H3,(H,33,42)/t28-,29?/m0/s1. The average molecular weight is 571 g/mol. The zero-order valence-electron chi connectivity index (χ0n) is 24.3. The van der Waals surface area contributed by atoms with Crippen LogP contribution in [-0.4, -0.2) is 101 Å². The van der Waals surface area contributed by atoms with Crippen LogP contribution in [0.2, 0.25) is 0 Å². The first-order valence-corrected chi connectivity index (χ1v) is 14.1. The molecule has 0 saturated carbocycles. The van der Waals surface area contributed by atoms with Crippen LogP contribution >= 0.6 is 0 Å². The molecule has 1 unspecified atom stereocenters. The molecule has 0 spiro atoms. The SMILES string of the molecule is CN(C)C1=CC(CN2CC3N(C(=O)CN(C)N3C(=O)NCc3ccccc3)[C@@H](Cc3ccc(O)cc3)C2=O)=CC=CC1. The van der Waals surface area contributed by atoms with Crippen molar-refractivity contribution >= 4 is 17.8 Å². The molecule has 2 aromatic carbocycles. The molecule has 2 heterocycles. The summed E-state index contributed by atoms with van der Waals surface area (Å²) in [5.41, 5.74) is 3.86. The van der Waals surface area contributed by atoms with Gasteiger partial charge in [-0.1, -0.05) is 60.7 Å². The second-order valence-electron chi connectivity index (χ2n) is 11.1. The van der Waals surface area contributed by atoms with Gasteiger partial charge < -0.3 is 25.1 Å². The van der Waals surface area contributed by atoms with Gasteiger partial charge in [0.15, 0.2) is 0 Å². The third-order valence-corrected chi connectivity index (χ3v) is 7.87. The smallest absolute Gasteiger partial charge is 0.334 e. The summed E-state index contributed by atoms with van der Waals surface area (Å²) in [5.74, 6) is -0.254. The lowest BCUT2D eigenvalue weighted by molar-refractivity contribution is -0.186. The van der Waals surface area contributed by atoms with E-state index < -0.39 is 12.2 Å². The van der Waals surface area contributed by atoms with E-state index in [1.54, 1.807) is 51.1 Å². The molecule has 42 heavy (non-hydrogen) atoms. The van der Waals surface area contributed by atoms with E-state index in [0.29, 0.717) is 13.1 Å². The minimum absolute atomic E-state index is 0.0283. The number of hydrazine groups is 1. The largest absolute Gasteiger partial charge is 0.508 e. The summed E-state index contributed by atoms with van der Waals surface area (Å²) in [5, 5.41) is 16.0. The van der Waals surface area contributed by atoms with E-state index in [4.69, 9.17) is 0 Å². The van der Waals surface area contributed by atoms with Crippen LogP contribution in [0.3, 0.4) is 0 Å². The fourth-order valence-corrected chi connectivity index (χ4v) is 5.69. The lowest BCUT2D eigenvalue weighted by Crippen LogP contribution is -2.76. The second kappa shape index (κ2) is 12.5. The molecule has 2 aliphatic heterocycles. The summed E-state index contributed by atoms with van der Waals surface area (Å²) in [7, 11) is 5.71. The van der Waals surface area contributed by atoms with Crippen molar-refractivity contribution in [3.8, 4) is 5.75 Å².